The van der Waals surface area contributed by atoms with E-state index in [2.05, 4.69) is 25.5 Å². The summed E-state index contributed by atoms with van der Waals surface area (Å²) in [5.41, 5.74) is -5.05. The maximum atomic E-state index is 16.0. The maximum Gasteiger partial charge on any atom is 0.287 e. The van der Waals surface area contributed by atoms with Crippen molar-refractivity contribution >= 4 is 0 Å². The summed E-state index contributed by atoms with van der Waals surface area (Å²) in [6.45, 7) is -0.794. The topological polar surface area (TPSA) is 89.6 Å². The lowest BCUT2D eigenvalue weighted by molar-refractivity contribution is -0.348. The molecule has 0 spiro atoms. The molecular weight excluding hydrogens is 404 g/mol. The van der Waals surface area contributed by atoms with Gasteiger partial charge in [-0.1, -0.05) is 0 Å². The van der Waals surface area contributed by atoms with Gasteiger partial charge in [-0.3, -0.25) is 0 Å². The highest BCUT2D eigenvalue weighted by Gasteiger charge is 2.82. The Morgan fingerprint density at radius 2 is 1.90 bits per heavy atom. The number of nitrogens with zero attached hydrogens (tertiary/aromatic N) is 6. The molecular formula is C19H16F4N6O. The number of alkyl halides is 2. The summed E-state index contributed by atoms with van der Waals surface area (Å²) in [5.74, 6) is -5.95. The lowest BCUT2D eigenvalue weighted by Gasteiger charge is -2.73. The van der Waals surface area contributed by atoms with E-state index >= 15 is 8.78 Å². The average molecular weight is 420 g/mol. The molecule has 0 aliphatic heterocycles. The fourth-order valence-electron chi connectivity index (χ4n) is 5.10. The fourth-order valence-corrected chi connectivity index (χ4v) is 5.10. The third-order valence-electron chi connectivity index (χ3n) is 6.50. The normalized spacial score (nSPS) is 27.1. The Balaban J connectivity index is 1.53. The molecule has 0 saturated heterocycles. The first-order valence-electron chi connectivity index (χ1n) is 9.25. The van der Waals surface area contributed by atoms with Crippen LogP contribution >= 0.6 is 0 Å². The maximum absolute atomic E-state index is 16.0. The summed E-state index contributed by atoms with van der Waals surface area (Å²) in [6.07, 6.45) is 4.23. The summed E-state index contributed by atoms with van der Waals surface area (Å²) in [5, 5.41) is 21.6. The quantitative estimate of drug-likeness (QED) is 0.616. The summed E-state index contributed by atoms with van der Waals surface area (Å²) in [6, 6.07) is 3.84. The zero-order valence-corrected chi connectivity index (χ0v) is 15.5. The summed E-state index contributed by atoms with van der Waals surface area (Å²) in [7, 11) is 0. The van der Waals surface area contributed by atoms with E-state index in [0.717, 1.165) is 23.1 Å². The molecule has 2 bridgehead atoms. The second-order valence-electron chi connectivity index (χ2n) is 8.25. The van der Waals surface area contributed by atoms with Crippen LogP contribution < -0.4 is 0 Å². The average Bonchev–Trinajstić information content (AvgIpc) is 3.12. The molecule has 1 atom stereocenters. The smallest absolute Gasteiger partial charge is 0.287 e. The minimum Gasteiger partial charge on any atom is -0.377 e. The Morgan fingerprint density at radius 1 is 1.13 bits per heavy atom. The molecule has 3 aromatic rings. The Labute approximate surface area is 167 Å². The Bertz CT molecular complexity index is 1070. The first-order valence-corrected chi connectivity index (χ1v) is 9.25. The van der Waals surface area contributed by atoms with Gasteiger partial charge in [-0.25, -0.2) is 32.2 Å². The van der Waals surface area contributed by atoms with Gasteiger partial charge in [0.2, 0.25) is 0 Å². The van der Waals surface area contributed by atoms with E-state index in [1.165, 1.54) is 6.33 Å². The van der Waals surface area contributed by atoms with Gasteiger partial charge >= 0.3 is 0 Å². The van der Waals surface area contributed by atoms with Crippen LogP contribution in [0.5, 0.6) is 0 Å². The van der Waals surface area contributed by atoms with Crippen molar-refractivity contribution in [3.05, 3.63) is 66.0 Å². The Morgan fingerprint density at radius 3 is 2.50 bits per heavy atom. The van der Waals surface area contributed by atoms with E-state index in [9.17, 15) is 13.9 Å². The van der Waals surface area contributed by atoms with Gasteiger partial charge in [0, 0.05) is 34.4 Å². The number of rotatable bonds is 6. The summed E-state index contributed by atoms with van der Waals surface area (Å²) >= 11 is 0. The van der Waals surface area contributed by atoms with E-state index in [4.69, 9.17) is 0 Å². The van der Waals surface area contributed by atoms with Gasteiger partial charge in [-0.05, 0) is 47.9 Å². The van der Waals surface area contributed by atoms with E-state index < -0.39 is 46.1 Å². The van der Waals surface area contributed by atoms with Gasteiger partial charge in [-0.2, -0.15) is 0 Å². The zero-order chi connectivity index (χ0) is 21.2. The number of hydrogen-bond acceptors (Lipinski definition) is 6. The molecule has 3 aliphatic rings. The van der Waals surface area contributed by atoms with E-state index in [-0.39, 0.29) is 19.3 Å². The predicted molar refractivity (Wildman–Crippen MR) is 93.0 cm³/mol. The number of aliphatic hydroxyl groups is 1. The third-order valence-corrected chi connectivity index (χ3v) is 6.50. The first kappa shape index (κ1) is 19.0. The number of tetrazole rings is 1. The molecule has 2 aromatic heterocycles. The molecule has 1 aromatic carbocycles. The Hall–Kier alpha value is -2.95. The van der Waals surface area contributed by atoms with Gasteiger partial charge in [0.05, 0.1) is 6.54 Å². The molecule has 1 N–H and O–H groups in total. The van der Waals surface area contributed by atoms with Crippen molar-refractivity contribution in [3.63, 3.8) is 0 Å². The SMILES string of the molecule is OC(Cn1cnnn1)(c1ccc(F)cc1F)C(F)(F)C12CC(c3ccncn3)(C1)C2. The second-order valence-corrected chi connectivity index (χ2v) is 8.25. The van der Waals surface area contributed by atoms with Gasteiger partial charge in [0.25, 0.3) is 5.92 Å². The molecule has 3 aliphatic carbocycles. The van der Waals surface area contributed by atoms with Crippen LogP contribution in [0.4, 0.5) is 17.6 Å². The van der Waals surface area contributed by atoms with Crippen molar-refractivity contribution in [1.82, 2.24) is 30.2 Å². The molecule has 3 saturated carbocycles. The molecule has 6 rings (SSSR count). The molecule has 2 heterocycles. The van der Waals surface area contributed by atoms with Crippen LogP contribution in [0.25, 0.3) is 0 Å². The van der Waals surface area contributed by atoms with Crippen LogP contribution in [0.2, 0.25) is 0 Å². The Kier molecular flexibility index (Phi) is 3.83. The van der Waals surface area contributed by atoms with Crippen molar-refractivity contribution < 1.29 is 22.7 Å². The predicted octanol–water partition coefficient (Wildman–Crippen LogP) is 2.39. The summed E-state index contributed by atoms with van der Waals surface area (Å²) in [4.78, 5) is 8.02. The molecule has 156 valence electrons. The largest absolute Gasteiger partial charge is 0.377 e. The molecule has 11 heteroatoms. The molecule has 3 fully saturated rings. The highest BCUT2D eigenvalue weighted by atomic mass is 19.3. The van der Waals surface area contributed by atoms with Crippen LogP contribution in [0.1, 0.15) is 30.5 Å². The number of halogens is 4. The lowest BCUT2D eigenvalue weighted by Crippen LogP contribution is -2.76. The minimum absolute atomic E-state index is 0.0880. The van der Waals surface area contributed by atoms with Gasteiger partial charge in [0.15, 0.2) is 5.60 Å². The van der Waals surface area contributed by atoms with E-state index in [1.807, 2.05) is 0 Å². The second kappa shape index (κ2) is 6.03. The molecule has 7 nitrogen and oxygen atoms in total. The van der Waals surface area contributed by atoms with Gasteiger partial charge < -0.3 is 5.11 Å². The zero-order valence-electron chi connectivity index (χ0n) is 15.5. The van der Waals surface area contributed by atoms with Crippen molar-refractivity contribution in [2.75, 3.05) is 0 Å². The van der Waals surface area contributed by atoms with Crippen LogP contribution in [0, 0.1) is 17.0 Å². The van der Waals surface area contributed by atoms with Crippen molar-refractivity contribution in [1.29, 1.82) is 0 Å². The molecule has 0 amide bonds. The van der Waals surface area contributed by atoms with Crippen LogP contribution in [0.3, 0.4) is 0 Å². The van der Waals surface area contributed by atoms with Crippen LogP contribution in [-0.4, -0.2) is 41.2 Å². The number of hydrogen-bond donors (Lipinski definition) is 1. The van der Waals surface area contributed by atoms with Crippen LogP contribution in [0.15, 0.2) is 43.1 Å². The molecule has 30 heavy (non-hydrogen) atoms. The van der Waals surface area contributed by atoms with E-state index in [1.54, 1.807) is 12.3 Å². The fraction of sp³-hybridized carbons (Fsp3) is 0.421. The van der Waals surface area contributed by atoms with Gasteiger partial charge in [-0.15, -0.1) is 5.10 Å². The molecule has 1 unspecified atom stereocenters. The minimum atomic E-state index is -3.75. The highest BCUT2D eigenvalue weighted by molar-refractivity contribution is 5.40. The van der Waals surface area contributed by atoms with E-state index in [0.29, 0.717) is 11.8 Å². The lowest BCUT2D eigenvalue weighted by atomic mass is 9.31. The third kappa shape index (κ3) is 2.38. The van der Waals surface area contributed by atoms with Crippen molar-refractivity contribution in [2.45, 2.75) is 42.7 Å². The van der Waals surface area contributed by atoms with Gasteiger partial charge in [0.1, 0.15) is 24.3 Å². The van der Waals surface area contributed by atoms with Crippen molar-refractivity contribution in [3.8, 4) is 0 Å². The monoisotopic (exact) mass is 420 g/mol. The standard InChI is InChI=1S/C19H16F4N6O/c20-12-1-2-13(14(21)5-12)18(30,9-29-11-26-27-28-29)19(22,23)17-6-16(7-17,8-17)15-3-4-24-10-25-15/h1-5,10-11,30H,6-9H2. The molecule has 0 radical (unpaired) electrons. The summed E-state index contributed by atoms with van der Waals surface area (Å²) < 4.78 is 60.8. The number of aromatic nitrogens is 6. The number of benzene rings is 1. The first-order chi connectivity index (χ1) is 14.2. The van der Waals surface area contributed by atoms with Crippen LogP contribution in [-0.2, 0) is 17.6 Å². The van der Waals surface area contributed by atoms with Crippen molar-refractivity contribution in [2.24, 2.45) is 5.41 Å². The highest BCUT2D eigenvalue weighted by Crippen LogP contribution is 2.80.